The molecule has 0 aromatic heterocycles. The molecule has 0 saturated heterocycles. The van der Waals surface area contributed by atoms with E-state index in [4.69, 9.17) is 28.4 Å². The van der Waals surface area contributed by atoms with E-state index in [-0.39, 0.29) is 0 Å². The van der Waals surface area contributed by atoms with Crippen LogP contribution in [0.15, 0.2) is 0 Å². The van der Waals surface area contributed by atoms with Gasteiger partial charge in [0.2, 0.25) is 5.79 Å². The van der Waals surface area contributed by atoms with E-state index < -0.39 is 145 Å². The summed E-state index contributed by atoms with van der Waals surface area (Å²) in [4.78, 5) is 14.2. The van der Waals surface area contributed by atoms with E-state index in [1.807, 2.05) is 0 Å². The summed E-state index contributed by atoms with van der Waals surface area (Å²) in [5.41, 5.74) is -22.8. The van der Waals surface area contributed by atoms with Gasteiger partial charge in [-0.05, 0) is 6.92 Å². The summed E-state index contributed by atoms with van der Waals surface area (Å²) in [5.74, 6) is -5.74. The van der Waals surface area contributed by atoms with E-state index >= 15 is 0 Å². The average molecular weight is 689 g/mol. The second-order valence-electron chi connectivity index (χ2n) is 9.83. The topological polar surface area (TPSA) is 376 Å². The van der Waals surface area contributed by atoms with E-state index in [0.29, 0.717) is 0 Å². The molecule has 0 fully saturated rings. The predicted octanol–water partition coefficient (Wildman–Crippen LogP) is -8.71. The zero-order valence-corrected chi connectivity index (χ0v) is 25.2. The Morgan fingerprint density at radius 3 is 0.935 bits per heavy atom. The molecule has 276 valence electrons. The van der Waals surface area contributed by atoms with Gasteiger partial charge in [-0.1, -0.05) is 0 Å². The van der Waals surface area contributed by atoms with Gasteiger partial charge in [0.1, 0.15) is 38.4 Å². The summed E-state index contributed by atoms with van der Waals surface area (Å²) in [6, 6.07) is 0. The number of ether oxygens (including phenoxy) is 6. The first-order valence-electron chi connectivity index (χ1n) is 13.5. The highest BCUT2D eigenvalue weighted by molar-refractivity contribution is 5.82. The Morgan fingerprint density at radius 1 is 0.457 bits per heavy atom. The molecule has 0 aliphatic rings. The fourth-order valence-electron chi connectivity index (χ4n) is 6.13. The van der Waals surface area contributed by atoms with Gasteiger partial charge in [0.25, 0.3) is 0 Å². The van der Waals surface area contributed by atoms with Gasteiger partial charge in [-0.15, -0.1) is 0 Å². The minimum atomic E-state index is -4.26. The van der Waals surface area contributed by atoms with Gasteiger partial charge in [-0.3, -0.25) is 4.79 Å². The van der Waals surface area contributed by atoms with Crippen molar-refractivity contribution in [2.75, 3.05) is 99.8 Å². The van der Waals surface area contributed by atoms with Crippen LogP contribution in [-0.2, 0) is 33.2 Å². The highest BCUT2D eigenvalue weighted by Crippen LogP contribution is 2.64. The van der Waals surface area contributed by atoms with Crippen molar-refractivity contribution in [1.29, 1.82) is 0 Å². The van der Waals surface area contributed by atoms with Crippen LogP contribution in [0.1, 0.15) is 6.92 Å². The Morgan fingerprint density at radius 2 is 0.739 bits per heavy atom. The van der Waals surface area contributed by atoms with Crippen LogP contribution < -0.4 is 0 Å². The van der Waals surface area contributed by atoms with Gasteiger partial charge in [0, 0.05) is 6.61 Å². The molecular formula is C24H48O22. The van der Waals surface area contributed by atoms with Crippen molar-refractivity contribution in [2.24, 2.45) is 5.41 Å². The smallest absolute Gasteiger partial charge is 0.319 e. The molecule has 46 heavy (non-hydrogen) atoms. The number of hydrogen-bond donors (Lipinski definition) is 15. The quantitative estimate of drug-likeness (QED) is 0.0339. The molecule has 0 aliphatic carbocycles. The van der Waals surface area contributed by atoms with Crippen LogP contribution in [0.5, 0.6) is 0 Å². The summed E-state index contributed by atoms with van der Waals surface area (Å²) in [6.07, 6.45) is 0. The predicted molar refractivity (Wildman–Crippen MR) is 143 cm³/mol. The van der Waals surface area contributed by atoms with Crippen molar-refractivity contribution in [3.63, 3.8) is 0 Å². The molecule has 0 aromatic rings. The lowest BCUT2D eigenvalue weighted by molar-refractivity contribution is -0.466. The maximum Gasteiger partial charge on any atom is 0.319 e. The van der Waals surface area contributed by atoms with Crippen LogP contribution in [0.25, 0.3) is 0 Å². The van der Waals surface area contributed by atoms with Crippen LogP contribution in [0.2, 0.25) is 0 Å². The van der Waals surface area contributed by atoms with E-state index in [9.17, 15) is 81.4 Å². The van der Waals surface area contributed by atoms with Crippen LogP contribution >= 0.6 is 0 Å². The fourth-order valence-corrected chi connectivity index (χ4v) is 6.13. The highest BCUT2D eigenvalue weighted by atomic mass is 16.8. The minimum absolute atomic E-state index is 0.550. The molecular weight excluding hydrogens is 640 g/mol. The van der Waals surface area contributed by atoms with Crippen LogP contribution in [0, 0.1) is 5.41 Å². The van der Waals surface area contributed by atoms with Gasteiger partial charge >= 0.3 is 5.97 Å². The lowest BCUT2D eigenvalue weighted by Crippen LogP contribution is -2.93. The van der Waals surface area contributed by atoms with Gasteiger partial charge in [-0.2, -0.15) is 0 Å². The number of hydrogen-bond acceptors (Lipinski definition) is 21. The number of rotatable bonds is 28. The summed E-state index contributed by atoms with van der Waals surface area (Å²) in [5, 5.41) is 159. The van der Waals surface area contributed by atoms with Crippen molar-refractivity contribution < 1.29 is 110 Å². The summed E-state index contributed by atoms with van der Waals surface area (Å²) in [7, 11) is 0. The van der Waals surface area contributed by atoms with Crippen LogP contribution in [-0.4, -0.2) is 216 Å². The largest absolute Gasteiger partial charge is 0.481 e. The van der Waals surface area contributed by atoms with Gasteiger partial charge in [0.15, 0.2) is 22.2 Å². The molecule has 22 heteroatoms. The Balaban J connectivity index is 10.1. The monoisotopic (exact) mass is 688 g/mol. The molecule has 0 rings (SSSR count). The second kappa shape index (κ2) is 19.0. The Hall–Kier alpha value is -1.33. The van der Waals surface area contributed by atoms with Gasteiger partial charge in [0.05, 0.1) is 66.1 Å². The third kappa shape index (κ3) is 6.64. The third-order valence-electron chi connectivity index (χ3n) is 8.13. The molecule has 0 atom stereocenters. The molecule has 0 aromatic carbocycles. The van der Waals surface area contributed by atoms with Crippen molar-refractivity contribution in [3.05, 3.63) is 0 Å². The lowest BCUT2D eigenvalue weighted by Gasteiger charge is -2.70. The molecule has 0 unspecified atom stereocenters. The first-order valence-corrected chi connectivity index (χ1v) is 13.5. The van der Waals surface area contributed by atoms with E-state index in [1.54, 1.807) is 0 Å². The summed E-state index contributed by atoms with van der Waals surface area (Å²) >= 11 is 0. The Labute approximate surface area is 262 Å². The molecule has 0 bridgehead atoms. The van der Waals surface area contributed by atoms with Crippen molar-refractivity contribution in [3.8, 4) is 0 Å². The van der Waals surface area contributed by atoms with Crippen molar-refractivity contribution in [1.82, 2.24) is 0 Å². The fraction of sp³-hybridized carbons (Fsp3) is 0.958. The number of carbonyl (C=O) groups is 1. The van der Waals surface area contributed by atoms with E-state index in [2.05, 4.69) is 0 Å². The maximum atomic E-state index is 14.2. The zero-order valence-electron chi connectivity index (χ0n) is 25.2. The lowest BCUT2D eigenvalue weighted by atomic mass is 9.44. The molecule has 22 nitrogen and oxygen atoms in total. The molecule has 15 N–H and O–H groups in total. The SMILES string of the molecule is CCOC(CO)(CO)OC(C(CO)(CO)OCO)(C(CO)(CO)OCO)C(C(=O)O)(C(CO)(CO)OCO)C(CO)(CO)OCO. The number of aliphatic hydroxyl groups is 14. The number of carboxylic acids is 1. The van der Waals surface area contributed by atoms with Crippen molar-refractivity contribution >= 4 is 5.97 Å². The maximum absolute atomic E-state index is 14.2. The van der Waals surface area contributed by atoms with Crippen molar-refractivity contribution in [2.45, 2.75) is 40.7 Å². The highest BCUT2D eigenvalue weighted by Gasteiger charge is 2.89. The van der Waals surface area contributed by atoms with Gasteiger partial charge in [-0.25, -0.2) is 0 Å². The molecule has 0 saturated carbocycles. The average Bonchev–Trinajstić information content (AvgIpc) is 3.07. The number of aliphatic carboxylic acids is 1. The number of aliphatic hydroxyl groups excluding tert-OH is 14. The Kier molecular flexibility index (Phi) is 18.5. The molecule has 0 radical (unpaired) electrons. The molecule has 0 heterocycles. The van der Waals surface area contributed by atoms with E-state index in [0.717, 1.165) is 0 Å². The summed E-state index contributed by atoms with van der Waals surface area (Å²) in [6.45, 7) is -24.0. The first-order chi connectivity index (χ1) is 21.8. The van der Waals surface area contributed by atoms with Crippen LogP contribution in [0.4, 0.5) is 0 Å². The molecule has 0 amide bonds. The van der Waals surface area contributed by atoms with E-state index in [1.165, 1.54) is 6.92 Å². The summed E-state index contributed by atoms with van der Waals surface area (Å²) < 4.78 is 32.2. The third-order valence-corrected chi connectivity index (χ3v) is 8.13. The van der Waals surface area contributed by atoms with Gasteiger partial charge < -0.3 is 105 Å². The number of carboxylic acid groups (broad SMARTS) is 1. The minimum Gasteiger partial charge on any atom is -0.481 e. The molecule has 0 spiro atoms. The second-order valence-corrected chi connectivity index (χ2v) is 9.83. The standard InChI is InChI=1S/C24H48O22/c1-2-41-22(11-33,12-34)46-24(20(7-29,8-30)44-15-37,21(9-31,10-32)45-16-38)23(17(39)40,18(3-25,4-26)42-13-35)19(5-27,6-28)43-14-36/h25-38H,2-16H2,1H3,(H,39,40). The van der Waals surface area contributed by atoms with Crippen LogP contribution in [0.3, 0.4) is 0 Å². The Bertz CT molecular complexity index is 807. The normalized spacial score (nSPS) is 14.2. The molecule has 0 aliphatic heterocycles. The first kappa shape index (κ1) is 44.7. The zero-order chi connectivity index (χ0) is 35.9.